The third-order valence-electron chi connectivity index (χ3n) is 8.23. The van der Waals surface area contributed by atoms with Crippen LogP contribution in [0, 0.1) is 23.2 Å². The van der Waals surface area contributed by atoms with Gasteiger partial charge in [-0.25, -0.2) is 8.78 Å². The van der Waals surface area contributed by atoms with E-state index in [2.05, 4.69) is 5.32 Å². The molecule has 0 aromatic heterocycles. The van der Waals surface area contributed by atoms with Crippen LogP contribution in [0.4, 0.5) is 8.78 Å². The molecule has 8 atom stereocenters. The number of aliphatic hydroxyl groups is 2. The van der Waals surface area contributed by atoms with Crippen molar-refractivity contribution < 1.29 is 19.0 Å². The molecule has 4 saturated carbocycles. The van der Waals surface area contributed by atoms with Crippen LogP contribution in [0.2, 0.25) is 0 Å². The first-order valence-electron chi connectivity index (χ1n) is 10.5. The number of alkyl halides is 2. The van der Waals surface area contributed by atoms with Crippen molar-refractivity contribution in [2.24, 2.45) is 23.2 Å². The lowest BCUT2D eigenvalue weighted by atomic mass is 9.54. The summed E-state index contributed by atoms with van der Waals surface area (Å²) in [5.74, 6) is 0.327. The van der Waals surface area contributed by atoms with Crippen LogP contribution in [0.25, 0.3) is 0 Å². The fourth-order valence-corrected chi connectivity index (χ4v) is 6.73. The molecule has 4 aliphatic carbocycles. The Bertz CT molecular complexity index is 506. The molecule has 152 valence electrons. The summed E-state index contributed by atoms with van der Waals surface area (Å²) < 4.78 is 30.5. The molecule has 26 heavy (non-hydrogen) atoms. The molecule has 3 nitrogen and oxygen atoms in total. The van der Waals surface area contributed by atoms with Crippen molar-refractivity contribution in [3.8, 4) is 0 Å². The Kier molecular flexibility index (Phi) is 5.74. The van der Waals surface area contributed by atoms with Gasteiger partial charge in [-0.1, -0.05) is 6.92 Å². The number of fused-ring (bicyclic) bond motifs is 4. The Morgan fingerprint density at radius 1 is 0.962 bits per heavy atom. The summed E-state index contributed by atoms with van der Waals surface area (Å²) >= 11 is 0. The average Bonchev–Trinajstić information content (AvgIpc) is 2.82. The van der Waals surface area contributed by atoms with E-state index in [-0.39, 0.29) is 24.4 Å². The summed E-state index contributed by atoms with van der Waals surface area (Å²) in [5, 5.41) is 24.2. The second kappa shape index (κ2) is 7.29. The Morgan fingerprint density at radius 2 is 1.65 bits per heavy atom. The van der Waals surface area contributed by atoms with E-state index in [1.165, 1.54) is 0 Å². The zero-order valence-electron chi connectivity index (χ0n) is 16.6. The van der Waals surface area contributed by atoms with Gasteiger partial charge in [0, 0.05) is 5.41 Å². The SMILES string of the molecule is CC12CCC3(F)CC4CC(O)CCC4CC[C@]3(O)C1CCC2F.CNC. The molecule has 7 unspecified atom stereocenters. The average molecular weight is 374 g/mol. The topological polar surface area (TPSA) is 52.5 Å². The van der Waals surface area contributed by atoms with Crippen molar-refractivity contribution in [1.82, 2.24) is 5.32 Å². The molecule has 0 aromatic carbocycles. The first-order chi connectivity index (χ1) is 12.2. The molecule has 0 aromatic rings. The van der Waals surface area contributed by atoms with E-state index in [4.69, 9.17) is 0 Å². The molecule has 0 heterocycles. The highest BCUT2D eigenvalue weighted by Crippen LogP contribution is 2.65. The minimum Gasteiger partial charge on any atom is -0.393 e. The number of aliphatic hydroxyl groups excluding tert-OH is 1. The Labute approximate surface area is 156 Å². The molecular weight excluding hydrogens is 336 g/mol. The van der Waals surface area contributed by atoms with E-state index in [0.29, 0.717) is 44.4 Å². The minimum atomic E-state index is -1.60. The summed E-state index contributed by atoms with van der Waals surface area (Å²) in [4.78, 5) is 0. The van der Waals surface area contributed by atoms with Gasteiger partial charge in [-0.3, -0.25) is 0 Å². The summed E-state index contributed by atoms with van der Waals surface area (Å²) in [6.07, 6.45) is 4.70. The maximum atomic E-state index is 16.0. The monoisotopic (exact) mass is 373 g/mol. The summed E-state index contributed by atoms with van der Waals surface area (Å²) in [7, 11) is 3.75. The Morgan fingerprint density at radius 3 is 2.35 bits per heavy atom. The van der Waals surface area contributed by atoms with Crippen LogP contribution in [0.1, 0.15) is 71.1 Å². The number of rotatable bonds is 0. The van der Waals surface area contributed by atoms with Crippen LogP contribution in [-0.2, 0) is 0 Å². The van der Waals surface area contributed by atoms with Gasteiger partial charge in [0.2, 0.25) is 0 Å². The summed E-state index contributed by atoms with van der Waals surface area (Å²) in [5.41, 5.74) is -3.53. The summed E-state index contributed by atoms with van der Waals surface area (Å²) in [6.45, 7) is 1.93. The van der Waals surface area contributed by atoms with Gasteiger partial charge in [-0.2, -0.15) is 0 Å². The van der Waals surface area contributed by atoms with Gasteiger partial charge >= 0.3 is 0 Å². The molecule has 0 radical (unpaired) electrons. The minimum absolute atomic E-state index is 0.171. The first-order valence-corrected chi connectivity index (χ1v) is 10.5. The molecule has 0 saturated heterocycles. The quantitative estimate of drug-likeness (QED) is 0.606. The third-order valence-corrected chi connectivity index (χ3v) is 8.23. The van der Waals surface area contributed by atoms with Crippen molar-refractivity contribution in [1.29, 1.82) is 0 Å². The Balaban J connectivity index is 0.000000613. The highest BCUT2D eigenvalue weighted by Gasteiger charge is 2.68. The van der Waals surface area contributed by atoms with Gasteiger partial charge in [0.15, 0.2) is 0 Å². The molecule has 4 aliphatic rings. The van der Waals surface area contributed by atoms with Crippen molar-refractivity contribution in [3.05, 3.63) is 0 Å². The normalized spacial score (nSPS) is 53.4. The smallest absolute Gasteiger partial charge is 0.140 e. The molecule has 4 rings (SSSR count). The number of halogens is 2. The highest BCUT2D eigenvalue weighted by molar-refractivity contribution is 5.18. The summed E-state index contributed by atoms with van der Waals surface area (Å²) in [6, 6.07) is 0. The van der Waals surface area contributed by atoms with Crippen LogP contribution in [-0.4, -0.2) is 47.9 Å². The zero-order valence-corrected chi connectivity index (χ0v) is 16.6. The lowest BCUT2D eigenvalue weighted by molar-refractivity contribution is -0.207. The van der Waals surface area contributed by atoms with E-state index in [1.807, 2.05) is 21.0 Å². The van der Waals surface area contributed by atoms with Gasteiger partial charge in [0.05, 0.1) is 6.10 Å². The standard InChI is InChI=1S/C19H30F2O2.C2H7N/c1-17-8-9-18(21)11-13-10-14(22)3-2-12(13)6-7-19(18,23)15(17)4-5-16(17)20;1-3-2/h12-16,22-23H,2-11H2,1H3;3H,1-2H3/t12?,13?,14?,15?,16?,17?,18?,19-;/m0./s1. The molecular formula is C21H37F2NO2. The van der Waals surface area contributed by atoms with Crippen LogP contribution >= 0.6 is 0 Å². The lowest BCUT2D eigenvalue weighted by Crippen LogP contribution is -2.63. The molecule has 3 N–H and O–H groups in total. The predicted octanol–water partition coefficient (Wildman–Crippen LogP) is 3.77. The van der Waals surface area contributed by atoms with E-state index >= 15 is 4.39 Å². The molecule has 0 bridgehead atoms. The Hall–Kier alpha value is -0.260. The number of hydrogen-bond donors (Lipinski definition) is 3. The maximum Gasteiger partial charge on any atom is 0.140 e. The van der Waals surface area contributed by atoms with E-state index < -0.39 is 22.9 Å². The predicted molar refractivity (Wildman–Crippen MR) is 99.4 cm³/mol. The van der Waals surface area contributed by atoms with Crippen LogP contribution in [0.3, 0.4) is 0 Å². The largest absolute Gasteiger partial charge is 0.393 e. The molecule has 4 fully saturated rings. The molecule has 0 amide bonds. The van der Waals surface area contributed by atoms with Gasteiger partial charge in [0.1, 0.15) is 17.4 Å². The van der Waals surface area contributed by atoms with Crippen molar-refractivity contribution >= 4 is 0 Å². The van der Waals surface area contributed by atoms with Crippen LogP contribution in [0.15, 0.2) is 0 Å². The number of nitrogens with one attached hydrogen (secondary N) is 1. The second-order valence-electron chi connectivity index (χ2n) is 9.72. The molecule has 5 heteroatoms. The van der Waals surface area contributed by atoms with E-state index in [0.717, 1.165) is 19.3 Å². The lowest BCUT2D eigenvalue weighted by Gasteiger charge is -2.55. The van der Waals surface area contributed by atoms with Gasteiger partial charge in [-0.05, 0) is 96.1 Å². The van der Waals surface area contributed by atoms with E-state index in [1.54, 1.807) is 0 Å². The van der Waals surface area contributed by atoms with Crippen molar-refractivity contribution in [2.45, 2.75) is 94.7 Å². The third kappa shape index (κ3) is 3.12. The highest BCUT2D eigenvalue weighted by atomic mass is 19.1. The molecule has 0 spiro atoms. The van der Waals surface area contributed by atoms with Crippen LogP contribution < -0.4 is 5.32 Å². The zero-order chi connectivity index (χ0) is 19.2. The fourth-order valence-electron chi connectivity index (χ4n) is 6.73. The number of hydrogen-bond acceptors (Lipinski definition) is 3. The van der Waals surface area contributed by atoms with Crippen molar-refractivity contribution in [3.63, 3.8) is 0 Å². The maximum absolute atomic E-state index is 16.0. The fraction of sp³-hybridized carbons (Fsp3) is 1.00. The van der Waals surface area contributed by atoms with Gasteiger partial charge < -0.3 is 15.5 Å². The van der Waals surface area contributed by atoms with Crippen molar-refractivity contribution in [2.75, 3.05) is 14.1 Å². The van der Waals surface area contributed by atoms with Gasteiger partial charge in [-0.15, -0.1) is 0 Å². The first kappa shape index (κ1) is 20.5. The van der Waals surface area contributed by atoms with Gasteiger partial charge in [0.25, 0.3) is 0 Å². The second-order valence-corrected chi connectivity index (χ2v) is 9.72. The van der Waals surface area contributed by atoms with E-state index in [9.17, 15) is 14.6 Å². The molecule has 0 aliphatic heterocycles. The van der Waals surface area contributed by atoms with Crippen LogP contribution in [0.5, 0.6) is 0 Å².